The average molecular weight is 405 g/mol. The van der Waals surface area contributed by atoms with Gasteiger partial charge in [-0.05, 0) is 56.5 Å². The minimum Gasteiger partial charge on any atom is -0.489 e. The second kappa shape index (κ2) is 7.94. The fourth-order valence-electron chi connectivity index (χ4n) is 3.91. The molecule has 2 heterocycles. The maximum Gasteiger partial charge on any atom is 0.158 e. The van der Waals surface area contributed by atoms with Crippen molar-refractivity contribution >= 4 is 5.78 Å². The van der Waals surface area contributed by atoms with Gasteiger partial charge < -0.3 is 4.74 Å². The molecule has 1 fully saturated rings. The van der Waals surface area contributed by atoms with Crippen LogP contribution in [0.2, 0.25) is 0 Å². The Bertz CT molecular complexity index is 1080. The van der Waals surface area contributed by atoms with Crippen molar-refractivity contribution in [2.24, 2.45) is 5.92 Å². The topological polar surface area (TPSA) is 65.0 Å². The Labute approximate surface area is 175 Å². The predicted octanol–water partition coefficient (Wildman–Crippen LogP) is 4.08. The van der Waals surface area contributed by atoms with Gasteiger partial charge in [0.15, 0.2) is 5.75 Å². The van der Waals surface area contributed by atoms with E-state index in [1.807, 2.05) is 39.0 Å². The Hall–Kier alpha value is -3.15. The summed E-state index contributed by atoms with van der Waals surface area (Å²) in [6, 6.07) is 10.3. The third kappa shape index (κ3) is 4.08. The van der Waals surface area contributed by atoms with Crippen molar-refractivity contribution in [2.75, 3.05) is 6.61 Å². The molecule has 4 rings (SSSR count). The van der Waals surface area contributed by atoms with E-state index >= 15 is 0 Å². The molecule has 1 aliphatic carbocycles. The predicted molar refractivity (Wildman–Crippen MR) is 111 cm³/mol. The van der Waals surface area contributed by atoms with Gasteiger partial charge in [-0.15, -0.1) is 0 Å². The summed E-state index contributed by atoms with van der Waals surface area (Å²) in [7, 11) is 0. The number of nitrogens with zero attached hydrogens (tertiary/aromatic N) is 3. The number of aromatic nitrogens is 3. The fourth-order valence-corrected chi connectivity index (χ4v) is 3.91. The minimum atomic E-state index is -0.554. The SMILES string of the molecule is Cc1ccc(CC(=O)[C@@H]2C[C@@]2(COc2cnc(C)nc2C)c2cccc(F)c2)nc1. The zero-order chi connectivity index (χ0) is 21.3. The summed E-state index contributed by atoms with van der Waals surface area (Å²) < 4.78 is 20.0. The van der Waals surface area contributed by atoms with Crippen LogP contribution < -0.4 is 4.74 Å². The van der Waals surface area contributed by atoms with Crippen molar-refractivity contribution in [3.63, 3.8) is 0 Å². The summed E-state index contributed by atoms with van der Waals surface area (Å²) in [5.41, 5.74) is 2.76. The number of hydrogen-bond acceptors (Lipinski definition) is 5. The number of ketones is 1. The summed E-state index contributed by atoms with van der Waals surface area (Å²) in [6.45, 7) is 5.90. The summed E-state index contributed by atoms with van der Waals surface area (Å²) in [5.74, 6) is 0.782. The molecule has 1 aromatic carbocycles. The highest BCUT2D eigenvalue weighted by molar-refractivity contribution is 5.88. The van der Waals surface area contributed by atoms with Crippen molar-refractivity contribution in [2.45, 2.75) is 39.0 Å². The lowest BCUT2D eigenvalue weighted by molar-refractivity contribution is -0.120. The second-order valence-corrected chi connectivity index (χ2v) is 8.05. The molecular weight excluding hydrogens is 381 g/mol. The first kappa shape index (κ1) is 20.1. The summed E-state index contributed by atoms with van der Waals surface area (Å²) in [4.78, 5) is 25.9. The fraction of sp³-hybridized carbons (Fsp3) is 0.333. The van der Waals surface area contributed by atoms with Crippen LogP contribution in [0.15, 0.2) is 48.8 Å². The zero-order valence-corrected chi connectivity index (χ0v) is 17.4. The highest BCUT2D eigenvalue weighted by Crippen LogP contribution is 2.55. The highest BCUT2D eigenvalue weighted by atomic mass is 19.1. The number of ether oxygens (including phenoxy) is 1. The number of pyridine rings is 1. The van der Waals surface area contributed by atoms with E-state index in [9.17, 15) is 9.18 Å². The second-order valence-electron chi connectivity index (χ2n) is 8.05. The highest BCUT2D eigenvalue weighted by Gasteiger charge is 2.59. The van der Waals surface area contributed by atoms with E-state index < -0.39 is 5.41 Å². The van der Waals surface area contributed by atoms with Gasteiger partial charge in [0.25, 0.3) is 0 Å². The number of aryl methyl sites for hydroxylation is 3. The van der Waals surface area contributed by atoms with Crippen LogP contribution in [0, 0.1) is 32.5 Å². The molecule has 2 aromatic heterocycles. The Balaban J connectivity index is 1.56. The van der Waals surface area contributed by atoms with Gasteiger partial charge in [0, 0.05) is 29.6 Å². The molecule has 154 valence electrons. The first-order chi connectivity index (χ1) is 14.4. The van der Waals surface area contributed by atoms with Gasteiger partial charge in [-0.2, -0.15) is 0 Å². The lowest BCUT2D eigenvalue weighted by Crippen LogP contribution is -2.25. The van der Waals surface area contributed by atoms with Crippen LogP contribution in [0.5, 0.6) is 5.75 Å². The minimum absolute atomic E-state index is 0.0936. The molecule has 5 nitrogen and oxygen atoms in total. The van der Waals surface area contributed by atoms with Crippen LogP contribution in [0.4, 0.5) is 4.39 Å². The monoisotopic (exact) mass is 405 g/mol. The first-order valence-corrected chi connectivity index (χ1v) is 10.0. The van der Waals surface area contributed by atoms with Crippen LogP contribution >= 0.6 is 0 Å². The van der Waals surface area contributed by atoms with Crippen LogP contribution in [0.3, 0.4) is 0 Å². The van der Waals surface area contributed by atoms with Gasteiger partial charge in [0.2, 0.25) is 0 Å². The molecule has 2 atom stereocenters. The Kier molecular flexibility index (Phi) is 5.33. The number of halogens is 1. The van der Waals surface area contributed by atoms with Crippen molar-refractivity contribution < 1.29 is 13.9 Å². The number of carbonyl (C=O) groups is 1. The summed E-state index contributed by atoms with van der Waals surface area (Å²) in [6.07, 6.45) is 4.28. The van der Waals surface area contributed by atoms with Gasteiger partial charge in [0.05, 0.1) is 18.5 Å². The zero-order valence-electron chi connectivity index (χ0n) is 17.4. The van der Waals surface area contributed by atoms with Crippen LogP contribution in [-0.2, 0) is 16.6 Å². The average Bonchev–Trinajstić information content (AvgIpc) is 3.45. The molecule has 3 aromatic rings. The number of rotatable bonds is 7. The lowest BCUT2D eigenvalue weighted by atomic mass is 9.91. The van der Waals surface area contributed by atoms with Crippen LogP contribution in [-0.4, -0.2) is 27.3 Å². The molecular formula is C24H24FN3O2. The Morgan fingerprint density at radius 3 is 2.70 bits per heavy atom. The molecule has 0 aliphatic heterocycles. The number of carbonyl (C=O) groups excluding carboxylic acids is 1. The third-order valence-corrected chi connectivity index (χ3v) is 5.73. The van der Waals surface area contributed by atoms with E-state index in [-0.39, 0.29) is 30.5 Å². The number of hydrogen-bond donors (Lipinski definition) is 0. The number of Topliss-reactive ketones (excluding diaryl/α,β-unsaturated/α-hetero) is 1. The van der Waals surface area contributed by atoms with Crippen LogP contribution in [0.1, 0.15) is 34.8 Å². The van der Waals surface area contributed by atoms with E-state index in [2.05, 4.69) is 15.0 Å². The summed E-state index contributed by atoms with van der Waals surface area (Å²) in [5, 5.41) is 0. The molecule has 6 heteroatoms. The van der Waals surface area contributed by atoms with Gasteiger partial charge in [-0.1, -0.05) is 18.2 Å². The molecule has 1 aliphatic rings. The Morgan fingerprint density at radius 2 is 2.00 bits per heavy atom. The number of benzene rings is 1. The van der Waals surface area contributed by atoms with Gasteiger partial charge in [-0.25, -0.2) is 14.4 Å². The van der Waals surface area contributed by atoms with Gasteiger partial charge >= 0.3 is 0 Å². The van der Waals surface area contributed by atoms with E-state index in [1.54, 1.807) is 18.5 Å². The first-order valence-electron chi connectivity index (χ1n) is 10.0. The standard InChI is InChI=1S/C24H24FN3O2/c1-15-7-8-20(27-12-15)10-22(29)21-11-24(21,18-5-4-6-19(25)9-18)14-30-23-13-26-17(3)28-16(23)2/h4-9,12-13,21H,10-11,14H2,1-3H3/t21-,24+/m0/s1. The molecule has 0 saturated heterocycles. The lowest BCUT2D eigenvalue weighted by Gasteiger charge is -2.19. The molecule has 30 heavy (non-hydrogen) atoms. The molecule has 0 bridgehead atoms. The molecule has 0 amide bonds. The quantitative estimate of drug-likeness (QED) is 0.593. The van der Waals surface area contributed by atoms with Crippen molar-refractivity contribution in [1.29, 1.82) is 0 Å². The van der Waals surface area contributed by atoms with Gasteiger partial charge in [0.1, 0.15) is 17.4 Å². The maximum atomic E-state index is 14.0. The largest absolute Gasteiger partial charge is 0.489 e. The molecule has 1 saturated carbocycles. The smallest absolute Gasteiger partial charge is 0.158 e. The normalized spacial score (nSPS) is 20.1. The van der Waals surface area contributed by atoms with Crippen LogP contribution in [0.25, 0.3) is 0 Å². The van der Waals surface area contributed by atoms with Crippen molar-refractivity contribution in [1.82, 2.24) is 15.0 Å². The van der Waals surface area contributed by atoms with E-state index in [0.29, 0.717) is 18.0 Å². The van der Waals surface area contributed by atoms with E-state index in [4.69, 9.17) is 4.74 Å². The van der Waals surface area contributed by atoms with Gasteiger partial charge in [-0.3, -0.25) is 9.78 Å². The molecule has 0 radical (unpaired) electrons. The van der Waals surface area contributed by atoms with E-state index in [1.165, 1.54) is 12.1 Å². The molecule has 0 spiro atoms. The summed E-state index contributed by atoms with van der Waals surface area (Å²) >= 11 is 0. The Morgan fingerprint density at radius 1 is 1.17 bits per heavy atom. The molecule has 0 unspecified atom stereocenters. The van der Waals surface area contributed by atoms with Crippen molar-refractivity contribution in [3.8, 4) is 5.75 Å². The van der Waals surface area contributed by atoms with Crippen molar-refractivity contribution in [3.05, 3.63) is 82.9 Å². The molecule has 0 N–H and O–H groups in total. The third-order valence-electron chi connectivity index (χ3n) is 5.73. The maximum absolute atomic E-state index is 14.0. The van der Waals surface area contributed by atoms with E-state index in [0.717, 1.165) is 22.5 Å².